The first kappa shape index (κ1) is 25.4. The number of sulfonamides is 1. The van der Waals surface area contributed by atoms with Crippen LogP contribution >= 0.6 is 23.1 Å². The Hall–Kier alpha value is -2.27. The predicted octanol–water partition coefficient (Wildman–Crippen LogP) is 5.06. The summed E-state index contributed by atoms with van der Waals surface area (Å²) in [6, 6.07) is 18.9. The van der Waals surface area contributed by atoms with Gasteiger partial charge in [-0.15, -0.1) is 23.1 Å². The fourth-order valence-electron chi connectivity index (χ4n) is 4.25. The van der Waals surface area contributed by atoms with E-state index in [1.807, 2.05) is 48.7 Å². The lowest BCUT2D eigenvalue weighted by Gasteiger charge is -2.21. The highest BCUT2D eigenvalue weighted by Crippen LogP contribution is 2.41. The van der Waals surface area contributed by atoms with Gasteiger partial charge in [0.05, 0.1) is 23.6 Å². The molecule has 0 saturated heterocycles. The smallest absolute Gasteiger partial charge is 0.215 e. The molecule has 0 radical (unpaired) electrons. The van der Waals surface area contributed by atoms with Crippen LogP contribution in [0, 0.1) is 0 Å². The lowest BCUT2D eigenvalue weighted by molar-refractivity contribution is -0.00230. The van der Waals surface area contributed by atoms with Crippen molar-refractivity contribution in [1.82, 2.24) is 9.71 Å². The molecule has 1 aliphatic rings. The van der Waals surface area contributed by atoms with Crippen LogP contribution in [0.25, 0.3) is 21.3 Å². The summed E-state index contributed by atoms with van der Waals surface area (Å²) >= 11 is 3.14. The maximum absolute atomic E-state index is 13.0. The standard InChI is InChI=1S/C27H28N2O4S3/c1-27(31,16-30)18-12-13-28-22(15-18)20-8-5-6-17-14-24(35-26(17)20)25(29-36(32,33)19-10-11-19)21-7-3-4-9-23(21)34-2/h3-9,12-15,19,25,29-31H,10-11,16H2,1-2H3/t25-,27-/m1/s1. The van der Waals surface area contributed by atoms with Gasteiger partial charge in [-0.3, -0.25) is 4.98 Å². The number of hydrogen-bond donors (Lipinski definition) is 3. The number of pyridine rings is 1. The second kappa shape index (κ2) is 9.89. The second-order valence-electron chi connectivity index (χ2n) is 9.27. The number of fused-ring (bicyclic) bond motifs is 1. The molecular weight excluding hydrogens is 513 g/mol. The van der Waals surface area contributed by atoms with Crippen LogP contribution < -0.4 is 4.72 Å². The number of aliphatic hydroxyl groups is 2. The van der Waals surface area contributed by atoms with Crippen molar-refractivity contribution < 1.29 is 18.6 Å². The van der Waals surface area contributed by atoms with Crippen molar-refractivity contribution in [1.29, 1.82) is 0 Å². The molecule has 0 unspecified atom stereocenters. The highest BCUT2D eigenvalue weighted by atomic mass is 32.2. The van der Waals surface area contributed by atoms with Gasteiger partial charge in [-0.2, -0.15) is 0 Å². The number of thioether (sulfide) groups is 1. The first-order valence-electron chi connectivity index (χ1n) is 11.7. The largest absolute Gasteiger partial charge is 0.393 e. The molecule has 188 valence electrons. The van der Waals surface area contributed by atoms with Crippen molar-refractivity contribution in [2.75, 3.05) is 12.9 Å². The summed E-state index contributed by atoms with van der Waals surface area (Å²) in [6.07, 6.45) is 5.02. The Balaban J connectivity index is 1.63. The maximum Gasteiger partial charge on any atom is 0.215 e. The zero-order valence-corrected chi connectivity index (χ0v) is 22.5. The number of rotatable bonds is 9. The minimum Gasteiger partial charge on any atom is -0.393 e. The van der Waals surface area contributed by atoms with Crippen LogP contribution in [0.15, 0.2) is 71.8 Å². The summed E-state index contributed by atoms with van der Waals surface area (Å²) in [6.45, 7) is 1.16. The Morgan fingerprint density at radius 3 is 2.67 bits per heavy atom. The average Bonchev–Trinajstić information content (AvgIpc) is 3.67. The lowest BCUT2D eigenvalue weighted by Crippen LogP contribution is -2.32. The number of hydrogen-bond acceptors (Lipinski definition) is 7. The molecule has 0 amide bonds. The van der Waals surface area contributed by atoms with Gasteiger partial charge in [-0.05, 0) is 66.8 Å². The molecule has 5 rings (SSSR count). The van der Waals surface area contributed by atoms with E-state index >= 15 is 0 Å². The molecule has 1 aliphatic carbocycles. The fraction of sp³-hybridized carbons (Fsp3) is 0.296. The highest BCUT2D eigenvalue weighted by molar-refractivity contribution is 7.98. The van der Waals surface area contributed by atoms with Crippen molar-refractivity contribution >= 4 is 43.2 Å². The Labute approximate surface area is 219 Å². The third kappa shape index (κ3) is 4.96. The fourth-order valence-corrected chi connectivity index (χ4v) is 7.74. The predicted molar refractivity (Wildman–Crippen MR) is 147 cm³/mol. The number of benzene rings is 2. The Morgan fingerprint density at radius 1 is 1.17 bits per heavy atom. The molecule has 0 spiro atoms. The molecule has 2 heterocycles. The molecule has 6 nitrogen and oxygen atoms in total. The number of aliphatic hydroxyl groups excluding tert-OH is 1. The molecule has 0 aliphatic heterocycles. The van der Waals surface area contributed by atoms with Crippen LogP contribution in [-0.2, 0) is 15.6 Å². The molecule has 2 atom stereocenters. The van der Waals surface area contributed by atoms with Crippen LogP contribution in [-0.4, -0.2) is 41.7 Å². The van der Waals surface area contributed by atoms with Gasteiger partial charge < -0.3 is 10.2 Å². The summed E-state index contributed by atoms with van der Waals surface area (Å²) in [5, 5.41) is 20.8. The summed E-state index contributed by atoms with van der Waals surface area (Å²) < 4.78 is 30.1. The van der Waals surface area contributed by atoms with E-state index in [1.54, 1.807) is 48.4 Å². The third-order valence-corrected chi connectivity index (χ3v) is 10.5. The Morgan fingerprint density at radius 2 is 1.94 bits per heavy atom. The Kier molecular flexibility index (Phi) is 6.97. The second-order valence-corrected chi connectivity index (χ2v) is 13.2. The van der Waals surface area contributed by atoms with Crippen molar-refractivity contribution in [3.8, 4) is 11.3 Å². The van der Waals surface area contributed by atoms with Gasteiger partial charge in [0.15, 0.2) is 0 Å². The topological polar surface area (TPSA) is 99.5 Å². The van der Waals surface area contributed by atoms with Gasteiger partial charge in [-0.1, -0.05) is 36.4 Å². The van der Waals surface area contributed by atoms with Crippen molar-refractivity contribution in [3.63, 3.8) is 0 Å². The average molecular weight is 541 g/mol. The monoisotopic (exact) mass is 540 g/mol. The highest BCUT2D eigenvalue weighted by Gasteiger charge is 2.38. The van der Waals surface area contributed by atoms with E-state index in [1.165, 1.54) is 0 Å². The summed E-state index contributed by atoms with van der Waals surface area (Å²) in [7, 11) is -3.45. The molecule has 0 bridgehead atoms. The molecule has 4 aromatic rings. The first-order valence-corrected chi connectivity index (χ1v) is 15.3. The molecule has 1 saturated carbocycles. The number of thiophene rings is 1. The van der Waals surface area contributed by atoms with Crippen LogP contribution in [0.4, 0.5) is 0 Å². The van der Waals surface area contributed by atoms with E-state index < -0.39 is 28.3 Å². The van der Waals surface area contributed by atoms with E-state index in [9.17, 15) is 18.6 Å². The molecule has 9 heteroatoms. The van der Waals surface area contributed by atoms with Crippen LogP contribution in [0.2, 0.25) is 0 Å². The van der Waals surface area contributed by atoms with Gasteiger partial charge >= 0.3 is 0 Å². The summed E-state index contributed by atoms with van der Waals surface area (Å²) in [5.74, 6) is 0. The van der Waals surface area contributed by atoms with Gasteiger partial charge in [0.1, 0.15) is 5.60 Å². The third-order valence-electron chi connectivity index (χ3n) is 6.51. The number of nitrogens with zero attached hydrogens (tertiary/aromatic N) is 1. The quantitative estimate of drug-likeness (QED) is 0.257. The lowest BCUT2D eigenvalue weighted by atomic mass is 9.96. The van der Waals surface area contributed by atoms with Crippen LogP contribution in [0.1, 0.15) is 41.8 Å². The zero-order valence-electron chi connectivity index (χ0n) is 20.0. The van der Waals surface area contributed by atoms with Crippen LogP contribution in [0.3, 0.4) is 0 Å². The first-order chi connectivity index (χ1) is 17.2. The van der Waals surface area contributed by atoms with E-state index in [2.05, 4.69) is 15.8 Å². The van der Waals surface area contributed by atoms with E-state index in [0.29, 0.717) is 24.1 Å². The molecule has 2 aromatic heterocycles. The van der Waals surface area contributed by atoms with E-state index in [0.717, 1.165) is 31.0 Å². The summed E-state index contributed by atoms with van der Waals surface area (Å²) in [5.41, 5.74) is 1.70. The van der Waals surface area contributed by atoms with Crippen LogP contribution in [0.5, 0.6) is 0 Å². The van der Waals surface area contributed by atoms with Crippen molar-refractivity contribution in [2.24, 2.45) is 0 Å². The minimum atomic E-state index is -3.45. The molecule has 2 aromatic carbocycles. The summed E-state index contributed by atoms with van der Waals surface area (Å²) in [4.78, 5) is 6.47. The van der Waals surface area contributed by atoms with E-state index in [4.69, 9.17) is 0 Å². The SMILES string of the molecule is CSc1ccccc1[C@@H](NS(=O)(=O)C1CC1)c1cc2cccc(-c3cc([C@](C)(O)CO)ccn3)c2s1. The van der Waals surface area contributed by atoms with Crippen molar-refractivity contribution in [3.05, 3.63) is 82.9 Å². The molecule has 3 N–H and O–H groups in total. The maximum atomic E-state index is 13.0. The molecule has 36 heavy (non-hydrogen) atoms. The number of aromatic nitrogens is 1. The van der Waals surface area contributed by atoms with Gasteiger partial charge in [0, 0.05) is 26.2 Å². The minimum absolute atomic E-state index is 0.322. The molecular formula is C27H28N2O4S3. The van der Waals surface area contributed by atoms with Gasteiger partial charge in [-0.25, -0.2) is 13.1 Å². The van der Waals surface area contributed by atoms with Gasteiger partial charge in [0.25, 0.3) is 0 Å². The molecule has 1 fully saturated rings. The Bertz CT molecular complexity index is 1510. The van der Waals surface area contributed by atoms with Gasteiger partial charge in [0.2, 0.25) is 10.0 Å². The normalized spacial score (nSPS) is 16.7. The van der Waals surface area contributed by atoms with Crippen molar-refractivity contribution in [2.45, 2.75) is 41.6 Å². The van der Waals surface area contributed by atoms with E-state index in [-0.39, 0.29) is 5.25 Å². The number of nitrogens with one attached hydrogen (secondary N) is 1. The zero-order chi connectivity index (χ0) is 25.5.